The van der Waals surface area contributed by atoms with Crippen LogP contribution in [0.15, 0.2) is 46.0 Å². The number of nitrogens with zero attached hydrogens (tertiary/aromatic N) is 1. The van der Waals surface area contributed by atoms with E-state index in [9.17, 15) is 4.79 Å². The van der Waals surface area contributed by atoms with Gasteiger partial charge in [0, 0.05) is 13.1 Å². The third-order valence-corrected chi connectivity index (χ3v) is 3.92. The molecule has 1 aromatic carbocycles. The smallest absolute Gasteiger partial charge is 0.242 e. The van der Waals surface area contributed by atoms with Crippen LogP contribution in [0.2, 0.25) is 0 Å². The van der Waals surface area contributed by atoms with Crippen LogP contribution in [0.3, 0.4) is 0 Å². The van der Waals surface area contributed by atoms with E-state index in [1.807, 2.05) is 31.2 Å². The monoisotopic (exact) mass is 516 g/mol. The molecule has 1 heterocycles. The predicted molar refractivity (Wildman–Crippen MR) is 123 cm³/mol. The molecule has 2 aromatic rings. The number of ether oxygens (including phenoxy) is 2. The van der Waals surface area contributed by atoms with Gasteiger partial charge in [0.15, 0.2) is 17.5 Å². The molecule has 2 rings (SSSR count). The Kier molecular flexibility index (Phi) is 11.6. The number of aliphatic imine (C=N–C) groups is 1. The molecular formula is C20H29IN4O4. The molecule has 9 heteroatoms. The lowest BCUT2D eigenvalue weighted by Crippen LogP contribution is -2.39. The Morgan fingerprint density at radius 2 is 1.90 bits per heavy atom. The van der Waals surface area contributed by atoms with Crippen molar-refractivity contribution < 1.29 is 18.7 Å². The predicted octanol–water partition coefficient (Wildman–Crippen LogP) is 2.33. The largest absolute Gasteiger partial charge is 0.493 e. The zero-order chi connectivity index (χ0) is 20.2. The molecule has 1 aromatic heterocycles. The summed E-state index contributed by atoms with van der Waals surface area (Å²) >= 11 is 0. The van der Waals surface area contributed by atoms with Crippen molar-refractivity contribution in [3.63, 3.8) is 0 Å². The first kappa shape index (κ1) is 24.6. The lowest BCUT2D eigenvalue weighted by molar-refractivity contribution is -0.119. The third kappa shape index (κ3) is 8.63. The topological polar surface area (TPSA) is 97.1 Å². The molecule has 0 fully saturated rings. The molecule has 0 aliphatic rings. The fraction of sp³-hybridized carbons (Fsp3) is 0.400. The molecule has 0 saturated heterocycles. The second-order valence-electron chi connectivity index (χ2n) is 5.92. The molecule has 3 N–H and O–H groups in total. The summed E-state index contributed by atoms with van der Waals surface area (Å²) < 4.78 is 15.8. The summed E-state index contributed by atoms with van der Waals surface area (Å²) in [6.07, 6.45) is 2.35. The molecule has 160 valence electrons. The van der Waals surface area contributed by atoms with E-state index in [0.29, 0.717) is 42.9 Å². The van der Waals surface area contributed by atoms with Gasteiger partial charge >= 0.3 is 0 Å². The van der Waals surface area contributed by atoms with Crippen LogP contribution in [0.5, 0.6) is 11.5 Å². The molecule has 0 unspecified atom stereocenters. The molecule has 0 atom stereocenters. The van der Waals surface area contributed by atoms with E-state index in [0.717, 1.165) is 12.0 Å². The number of methoxy groups -OCH3 is 2. The minimum atomic E-state index is -0.173. The highest BCUT2D eigenvalue weighted by molar-refractivity contribution is 14.0. The van der Waals surface area contributed by atoms with Gasteiger partial charge in [0.25, 0.3) is 0 Å². The fourth-order valence-corrected chi connectivity index (χ4v) is 2.51. The van der Waals surface area contributed by atoms with Crippen molar-refractivity contribution in [2.45, 2.75) is 19.9 Å². The molecule has 0 radical (unpaired) electrons. The van der Waals surface area contributed by atoms with E-state index >= 15 is 0 Å². The van der Waals surface area contributed by atoms with Gasteiger partial charge in [0.1, 0.15) is 12.3 Å². The number of halogens is 1. The van der Waals surface area contributed by atoms with Crippen LogP contribution in [0.25, 0.3) is 0 Å². The van der Waals surface area contributed by atoms with Crippen molar-refractivity contribution in [3.8, 4) is 11.5 Å². The van der Waals surface area contributed by atoms with Crippen LogP contribution in [-0.2, 0) is 17.8 Å². The summed E-state index contributed by atoms with van der Waals surface area (Å²) in [5, 5.41) is 9.13. The molecule has 8 nitrogen and oxygen atoms in total. The van der Waals surface area contributed by atoms with Crippen LogP contribution >= 0.6 is 24.0 Å². The van der Waals surface area contributed by atoms with E-state index in [-0.39, 0.29) is 36.4 Å². The first-order chi connectivity index (χ1) is 13.7. The van der Waals surface area contributed by atoms with Crippen LogP contribution in [-0.4, -0.2) is 45.7 Å². The summed E-state index contributed by atoms with van der Waals surface area (Å²) in [6.45, 7) is 3.73. The summed E-state index contributed by atoms with van der Waals surface area (Å²) in [7, 11) is 3.23. The third-order valence-electron chi connectivity index (χ3n) is 3.92. The molecule has 1 amide bonds. The van der Waals surface area contributed by atoms with Crippen LogP contribution in [0.1, 0.15) is 18.2 Å². The molecule has 0 spiro atoms. The van der Waals surface area contributed by atoms with Crippen molar-refractivity contribution in [2.75, 3.05) is 33.9 Å². The number of hydrogen-bond donors (Lipinski definition) is 3. The Morgan fingerprint density at radius 3 is 2.55 bits per heavy atom. The van der Waals surface area contributed by atoms with Crippen LogP contribution in [0.4, 0.5) is 0 Å². The highest BCUT2D eigenvalue weighted by Gasteiger charge is 2.06. The summed E-state index contributed by atoms with van der Waals surface area (Å²) in [6, 6.07) is 9.42. The molecule has 0 bridgehead atoms. The number of furan rings is 1. The van der Waals surface area contributed by atoms with Gasteiger partial charge in [-0.05, 0) is 43.2 Å². The Morgan fingerprint density at radius 1 is 1.10 bits per heavy atom. The van der Waals surface area contributed by atoms with E-state index in [1.165, 1.54) is 0 Å². The number of hydrogen-bond acceptors (Lipinski definition) is 5. The molecule has 29 heavy (non-hydrogen) atoms. The van der Waals surface area contributed by atoms with Gasteiger partial charge < -0.3 is 29.8 Å². The first-order valence-corrected chi connectivity index (χ1v) is 9.18. The van der Waals surface area contributed by atoms with E-state index in [4.69, 9.17) is 13.9 Å². The Labute approximate surface area is 188 Å². The van der Waals surface area contributed by atoms with Crippen LogP contribution < -0.4 is 25.4 Å². The van der Waals surface area contributed by atoms with Gasteiger partial charge in [-0.2, -0.15) is 0 Å². The van der Waals surface area contributed by atoms with Gasteiger partial charge in [-0.25, -0.2) is 4.99 Å². The Bertz CT molecular complexity index is 766. The van der Waals surface area contributed by atoms with Gasteiger partial charge in [0.05, 0.1) is 27.0 Å². The number of rotatable bonds is 10. The van der Waals surface area contributed by atoms with Crippen molar-refractivity contribution in [1.29, 1.82) is 0 Å². The highest BCUT2D eigenvalue weighted by atomic mass is 127. The Hall–Kier alpha value is -2.43. The quantitative estimate of drug-likeness (QED) is 0.255. The number of guanidine groups is 1. The first-order valence-electron chi connectivity index (χ1n) is 9.18. The normalized spacial score (nSPS) is 10.7. The van der Waals surface area contributed by atoms with E-state index in [2.05, 4.69) is 20.9 Å². The molecule has 0 saturated carbocycles. The van der Waals surface area contributed by atoms with Crippen molar-refractivity contribution in [3.05, 3.63) is 47.9 Å². The van der Waals surface area contributed by atoms with E-state index < -0.39 is 0 Å². The lowest BCUT2D eigenvalue weighted by atomic mass is 10.1. The zero-order valence-corrected chi connectivity index (χ0v) is 19.3. The van der Waals surface area contributed by atoms with Gasteiger partial charge in [-0.1, -0.05) is 6.07 Å². The summed E-state index contributed by atoms with van der Waals surface area (Å²) in [5.74, 6) is 2.53. The average molecular weight is 516 g/mol. The molecule has 0 aliphatic carbocycles. The SMILES string of the molecule is CCNC(=NCC(=O)NCc1ccco1)NCCc1ccc(OC)c(OC)c1.I. The number of nitrogens with one attached hydrogen (secondary N) is 3. The number of carbonyl (C=O) groups is 1. The molecular weight excluding hydrogens is 487 g/mol. The second-order valence-corrected chi connectivity index (χ2v) is 5.92. The minimum absolute atomic E-state index is 0. The molecule has 0 aliphatic heterocycles. The number of benzene rings is 1. The number of amides is 1. The average Bonchev–Trinajstić information content (AvgIpc) is 3.24. The highest BCUT2D eigenvalue weighted by Crippen LogP contribution is 2.27. The van der Waals surface area contributed by atoms with Crippen molar-refractivity contribution in [2.24, 2.45) is 4.99 Å². The summed E-state index contributed by atoms with van der Waals surface area (Å²) in [5.41, 5.74) is 1.11. The van der Waals surface area contributed by atoms with Crippen LogP contribution in [0, 0.1) is 0 Å². The van der Waals surface area contributed by atoms with Gasteiger partial charge in [0.2, 0.25) is 5.91 Å². The van der Waals surface area contributed by atoms with Crippen molar-refractivity contribution >= 4 is 35.8 Å². The second kappa shape index (κ2) is 13.7. The zero-order valence-electron chi connectivity index (χ0n) is 17.0. The number of carbonyl (C=O) groups excluding carboxylic acids is 1. The maximum Gasteiger partial charge on any atom is 0.242 e. The Balaban J connectivity index is 0.00000420. The minimum Gasteiger partial charge on any atom is -0.493 e. The fourth-order valence-electron chi connectivity index (χ4n) is 2.51. The van der Waals surface area contributed by atoms with Gasteiger partial charge in [-0.15, -0.1) is 24.0 Å². The van der Waals surface area contributed by atoms with Gasteiger partial charge in [-0.3, -0.25) is 4.79 Å². The lowest BCUT2D eigenvalue weighted by Gasteiger charge is -2.12. The van der Waals surface area contributed by atoms with E-state index in [1.54, 1.807) is 26.5 Å². The summed E-state index contributed by atoms with van der Waals surface area (Å²) in [4.78, 5) is 16.2. The standard InChI is InChI=1S/C20H28N4O4.HI/c1-4-21-20(24-14-19(25)23-13-16-6-5-11-28-16)22-10-9-15-7-8-17(26-2)18(12-15)27-3;/h5-8,11-12H,4,9-10,13-14H2,1-3H3,(H,23,25)(H2,21,22,24);1H. The maximum absolute atomic E-state index is 11.9. The maximum atomic E-state index is 11.9. The van der Waals surface area contributed by atoms with Crippen molar-refractivity contribution in [1.82, 2.24) is 16.0 Å².